The van der Waals surface area contributed by atoms with E-state index in [2.05, 4.69) is 26.2 Å². The first-order chi connectivity index (χ1) is 14.9. The number of aryl methyl sites for hydroxylation is 3. The van der Waals surface area contributed by atoms with E-state index >= 15 is 0 Å². The highest BCUT2D eigenvalue weighted by atomic mass is 32.2. The van der Waals surface area contributed by atoms with E-state index in [0.29, 0.717) is 11.2 Å². The van der Waals surface area contributed by atoms with Gasteiger partial charge in [-0.3, -0.25) is 4.40 Å². The summed E-state index contributed by atoms with van der Waals surface area (Å²) in [7, 11) is -3.38. The van der Waals surface area contributed by atoms with Crippen LogP contribution in [0.1, 0.15) is 22.5 Å². The summed E-state index contributed by atoms with van der Waals surface area (Å²) in [5, 5.41) is 8.43. The molecule has 0 saturated heterocycles. The molecule has 1 aromatic carbocycles. The molecule has 0 spiro atoms. The molecule has 0 N–H and O–H groups in total. The van der Waals surface area contributed by atoms with Crippen LogP contribution in [0.25, 0.3) is 16.8 Å². The second-order valence-electron chi connectivity index (χ2n) is 7.72. The first-order valence-electron chi connectivity index (χ1n) is 10.00. The third-order valence-electron chi connectivity index (χ3n) is 5.56. The zero-order valence-corrected chi connectivity index (χ0v) is 18.1. The Balaban J connectivity index is 1.48. The summed E-state index contributed by atoms with van der Waals surface area (Å²) in [5.74, 6) is 1.84. The van der Waals surface area contributed by atoms with Gasteiger partial charge in [0, 0.05) is 48.2 Å². The Morgan fingerprint density at radius 2 is 2.03 bits per heavy atom. The van der Waals surface area contributed by atoms with Gasteiger partial charge in [0.1, 0.15) is 17.9 Å². The molecule has 0 aliphatic carbocycles. The number of rotatable bonds is 5. The molecule has 158 valence electrons. The van der Waals surface area contributed by atoms with Crippen molar-refractivity contribution in [2.24, 2.45) is 0 Å². The van der Waals surface area contributed by atoms with Crippen LogP contribution in [0.2, 0.25) is 0 Å². The van der Waals surface area contributed by atoms with Gasteiger partial charge in [0.05, 0.1) is 6.61 Å². The molecule has 3 aromatic heterocycles. The van der Waals surface area contributed by atoms with Crippen molar-refractivity contribution >= 4 is 15.5 Å². The number of ether oxygens (including phenoxy) is 1. The van der Waals surface area contributed by atoms with Gasteiger partial charge in [-0.1, -0.05) is 12.1 Å². The third kappa shape index (κ3) is 3.54. The molecule has 5 rings (SSSR count). The van der Waals surface area contributed by atoms with Gasteiger partial charge in [-0.25, -0.2) is 18.4 Å². The fourth-order valence-electron chi connectivity index (χ4n) is 4.13. The normalized spacial score (nSPS) is 13.4. The monoisotopic (exact) mass is 435 g/mol. The molecule has 0 atom stereocenters. The smallest absolute Gasteiger partial charge is 0.193 e. The third-order valence-corrected chi connectivity index (χ3v) is 6.69. The predicted octanol–water partition coefficient (Wildman–Crippen LogP) is 2.62. The van der Waals surface area contributed by atoms with Crippen molar-refractivity contribution in [3.8, 4) is 16.9 Å². The fraction of sp³-hybridized carbons (Fsp3) is 0.273. The quantitative estimate of drug-likeness (QED) is 0.475. The van der Waals surface area contributed by atoms with E-state index in [0.717, 1.165) is 54.8 Å². The van der Waals surface area contributed by atoms with Crippen LogP contribution in [0.15, 0.2) is 48.0 Å². The number of fused-ring (bicyclic) bond motifs is 2. The maximum Gasteiger partial charge on any atom is 0.193 e. The minimum atomic E-state index is -3.38. The lowest BCUT2D eigenvalue weighted by atomic mass is 10.0. The predicted molar refractivity (Wildman–Crippen MR) is 115 cm³/mol. The molecule has 0 bridgehead atoms. The standard InChI is InChI=1S/C22H21N5O3S/c1-14-10-16(11-24-22(14)31(2,28)29)18-12-23-20(27-13-25-26-21(18)27)7-6-15-4-3-5-19-17(15)8-9-30-19/h3-5,10-13H,6-9H2,1-2H3. The Morgan fingerprint density at radius 3 is 2.84 bits per heavy atom. The van der Waals surface area contributed by atoms with E-state index in [9.17, 15) is 8.42 Å². The summed E-state index contributed by atoms with van der Waals surface area (Å²) in [5.41, 5.74) is 5.32. The minimum Gasteiger partial charge on any atom is -0.493 e. The molecule has 1 aliphatic heterocycles. The van der Waals surface area contributed by atoms with Gasteiger partial charge < -0.3 is 4.74 Å². The van der Waals surface area contributed by atoms with Crippen LogP contribution in [-0.2, 0) is 29.1 Å². The second kappa shape index (κ2) is 7.42. The molecule has 31 heavy (non-hydrogen) atoms. The summed E-state index contributed by atoms with van der Waals surface area (Å²) in [4.78, 5) is 8.83. The Labute approximate surface area is 179 Å². The number of benzene rings is 1. The highest BCUT2D eigenvalue weighted by molar-refractivity contribution is 7.90. The van der Waals surface area contributed by atoms with Crippen molar-refractivity contribution < 1.29 is 13.2 Å². The lowest BCUT2D eigenvalue weighted by Crippen LogP contribution is -2.06. The molecule has 0 fully saturated rings. The highest BCUT2D eigenvalue weighted by Gasteiger charge is 2.18. The zero-order chi connectivity index (χ0) is 21.6. The second-order valence-corrected chi connectivity index (χ2v) is 9.65. The van der Waals surface area contributed by atoms with Crippen molar-refractivity contribution in [3.05, 3.63) is 65.5 Å². The first kappa shape index (κ1) is 19.6. The molecule has 4 aromatic rings. The Bertz CT molecular complexity index is 1410. The molecule has 0 unspecified atom stereocenters. The topological polar surface area (TPSA) is 99.3 Å². The van der Waals surface area contributed by atoms with Crippen molar-refractivity contribution in [2.75, 3.05) is 12.9 Å². The van der Waals surface area contributed by atoms with Crippen LogP contribution in [-0.4, -0.2) is 45.8 Å². The molecular weight excluding hydrogens is 414 g/mol. The average Bonchev–Trinajstić information content (AvgIpc) is 3.40. The maximum absolute atomic E-state index is 11.9. The SMILES string of the molecule is Cc1cc(-c2cnc(CCc3cccc4c3CCO4)n3cnnc23)cnc1S(C)(=O)=O. The van der Waals surface area contributed by atoms with Crippen molar-refractivity contribution in [3.63, 3.8) is 0 Å². The van der Waals surface area contributed by atoms with Gasteiger partial charge in [0.2, 0.25) is 0 Å². The van der Waals surface area contributed by atoms with Crippen molar-refractivity contribution in [2.45, 2.75) is 31.2 Å². The minimum absolute atomic E-state index is 0.0812. The van der Waals surface area contributed by atoms with E-state index in [1.54, 1.807) is 31.7 Å². The summed E-state index contributed by atoms with van der Waals surface area (Å²) < 4.78 is 31.3. The van der Waals surface area contributed by atoms with Crippen LogP contribution in [0.4, 0.5) is 0 Å². The van der Waals surface area contributed by atoms with Crippen LogP contribution in [0.3, 0.4) is 0 Å². The van der Waals surface area contributed by atoms with Crippen LogP contribution < -0.4 is 4.74 Å². The zero-order valence-electron chi connectivity index (χ0n) is 17.2. The van der Waals surface area contributed by atoms with E-state index in [1.807, 2.05) is 16.5 Å². The molecule has 1 aliphatic rings. The fourth-order valence-corrected chi connectivity index (χ4v) is 5.01. The molecule has 0 saturated carbocycles. The molecule has 0 radical (unpaired) electrons. The number of sulfone groups is 1. The van der Waals surface area contributed by atoms with Crippen molar-refractivity contribution in [1.29, 1.82) is 0 Å². The number of hydrogen-bond donors (Lipinski definition) is 0. The summed E-state index contributed by atoms with van der Waals surface area (Å²) in [6, 6.07) is 7.98. The number of nitrogens with zero attached hydrogens (tertiary/aromatic N) is 5. The van der Waals surface area contributed by atoms with Gasteiger partial charge in [-0.05, 0) is 36.6 Å². The molecular formula is C22H21N5O3S. The lowest BCUT2D eigenvalue weighted by molar-refractivity contribution is 0.357. The van der Waals surface area contributed by atoms with Gasteiger partial charge in [0.25, 0.3) is 0 Å². The Morgan fingerprint density at radius 1 is 1.16 bits per heavy atom. The van der Waals surface area contributed by atoms with Crippen LogP contribution in [0, 0.1) is 6.92 Å². The number of aromatic nitrogens is 5. The molecule has 8 nitrogen and oxygen atoms in total. The number of pyridine rings is 1. The van der Waals surface area contributed by atoms with Gasteiger partial charge in [-0.2, -0.15) is 0 Å². The van der Waals surface area contributed by atoms with Crippen LogP contribution in [0.5, 0.6) is 5.75 Å². The maximum atomic E-state index is 11.9. The van der Waals surface area contributed by atoms with Gasteiger partial charge in [0.15, 0.2) is 20.5 Å². The highest BCUT2D eigenvalue weighted by Crippen LogP contribution is 2.29. The first-order valence-corrected chi connectivity index (χ1v) is 11.9. The molecule has 9 heteroatoms. The summed E-state index contributed by atoms with van der Waals surface area (Å²) >= 11 is 0. The van der Waals surface area contributed by atoms with E-state index in [4.69, 9.17) is 4.74 Å². The molecule has 0 amide bonds. The average molecular weight is 436 g/mol. The van der Waals surface area contributed by atoms with E-state index in [1.165, 1.54) is 11.1 Å². The summed E-state index contributed by atoms with van der Waals surface area (Å²) in [6.45, 7) is 2.47. The largest absolute Gasteiger partial charge is 0.493 e. The van der Waals surface area contributed by atoms with Gasteiger partial charge >= 0.3 is 0 Å². The van der Waals surface area contributed by atoms with Crippen LogP contribution >= 0.6 is 0 Å². The lowest BCUT2D eigenvalue weighted by Gasteiger charge is -2.11. The van der Waals surface area contributed by atoms with Gasteiger partial charge in [-0.15, -0.1) is 10.2 Å². The Hall–Kier alpha value is -3.33. The van der Waals surface area contributed by atoms with Crippen molar-refractivity contribution in [1.82, 2.24) is 24.6 Å². The van der Waals surface area contributed by atoms with E-state index < -0.39 is 9.84 Å². The Kier molecular flexibility index (Phi) is 4.70. The summed E-state index contributed by atoms with van der Waals surface area (Å²) in [6.07, 6.45) is 8.63. The number of hydrogen-bond acceptors (Lipinski definition) is 7. The van der Waals surface area contributed by atoms with E-state index in [-0.39, 0.29) is 5.03 Å². The molecule has 4 heterocycles.